The third-order valence-electron chi connectivity index (χ3n) is 3.02. The van der Waals surface area contributed by atoms with E-state index in [1.54, 1.807) is 11.1 Å². The molecule has 0 atom stereocenters. The van der Waals surface area contributed by atoms with E-state index in [1.807, 2.05) is 0 Å². The molecule has 0 amide bonds. The van der Waals surface area contributed by atoms with Crippen molar-refractivity contribution in [3.8, 4) is 0 Å². The molecule has 0 heteroatoms. The van der Waals surface area contributed by atoms with Gasteiger partial charge in [0.15, 0.2) is 0 Å². The van der Waals surface area contributed by atoms with Crippen LogP contribution in [-0.2, 0) is 0 Å². The van der Waals surface area contributed by atoms with Gasteiger partial charge in [0.25, 0.3) is 0 Å². The molecule has 0 aliphatic heterocycles. The molecule has 0 saturated heterocycles. The fourth-order valence-electron chi connectivity index (χ4n) is 2.42. The van der Waals surface area contributed by atoms with Crippen LogP contribution in [0.3, 0.4) is 0 Å². The molecule has 0 unspecified atom stereocenters. The second-order valence-electron chi connectivity index (χ2n) is 3.75. The molecule has 3 rings (SSSR count). The van der Waals surface area contributed by atoms with Crippen LogP contribution in [-0.4, -0.2) is 0 Å². The van der Waals surface area contributed by atoms with Crippen LogP contribution in [0.1, 0.15) is 25.7 Å². The number of fused-ring (bicyclic) bond motifs is 2. The van der Waals surface area contributed by atoms with Crippen LogP contribution < -0.4 is 0 Å². The standard InChI is InChI=1S/C12H12/c1-2-6-11-9(4-1)8-10-5-3-7-12(10)11/h3,5,7-8H,1-2,4,6H2. The van der Waals surface area contributed by atoms with E-state index < -0.39 is 0 Å². The van der Waals surface area contributed by atoms with Crippen LogP contribution in [0.15, 0.2) is 46.6 Å². The van der Waals surface area contributed by atoms with Crippen LogP contribution in [0.25, 0.3) is 0 Å². The summed E-state index contributed by atoms with van der Waals surface area (Å²) in [5, 5.41) is 0. The van der Waals surface area contributed by atoms with E-state index in [2.05, 4.69) is 24.3 Å². The molecule has 1 fully saturated rings. The Labute approximate surface area is 73.0 Å². The summed E-state index contributed by atoms with van der Waals surface area (Å²) in [6.45, 7) is 0. The normalized spacial score (nSPS) is 25.3. The minimum atomic E-state index is 1.31. The molecule has 12 heavy (non-hydrogen) atoms. The predicted octanol–water partition coefficient (Wildman–Crippen LogP) is 3.29. The number of allylic oxidation sites excluding steroid dienone is 8. The summed E-state index contributed by atoms with van der Waals surface area (Å²) < 4.78 is 0. The van der Waals surface area contributed by atoms with Crippen molar-refractivity contribution < 1.29 is 0 Å². The van der Waals surface area contributed by atoms with Crippen LogP contribution in [0, 0.1) is 0 Å². The molecule has 3 aliphatic rings. The van der Waals surface area contributed by atoms with Gasteiger partial charge in [-0.1, -0.05) is 24.3 Å². The Morgan fingerprint density at radius 3 is 3.00 bits per heavy atom. The zero-order valence-corrected chi connectivity index (χ0v) is 7.14. The highest BCUT2D eigenvalue weighted by Crippen LogP contribution is 2.41. The van der Waals surface area contributed by atoms with Crippen LogP contribution in [0.2, 0.25) is 0 Å². The summed E-state index contributed by atoms with van der Waals surface area (Å²) in [6, 6.07) is 0. The second-order valence-corrected chi connectivity index (χ2v) is 3.75. The van der Waals surface area contributed by atoms with Crippen molar-refractivity contribution in [3.63, 3.8) is 0 Å². The maximum absolute atomic E-state index is 2.38. The first-order valence-electron chi connectivity index (χ1n) is 4.78. The lowest BCUT2D eigenvalue weighted by Crippen LogP contribution is -1.96. The Morgan fingerprint density at radius 1 is 1.08 bits per heavy atom. The van der Waals surface area contributed by atoms with E-state index in [9.17, 15) is 0 Å². The lowest BCUT2D eigenvalue weighted by molar-refractivity contribution is 0.681. The second kappa shape index (κ2) is 2.22. The molecule has 1 saturated carbocycles. The number of rotatable bonds is 0. The summed E-state index contributed by atoms with van der Waals surface area (Å²) in [6.07, 6.45) is 14.4. The lowest BCUT2D eigenvalue weighted by Gasteiger charge is -2.15. The number of hydrogen-bond acceptors (Lipinski definition) is 0. The summed E-state index contributed by atoms with van der Waals surface area (Å²) in [4.78, 5) is 0. The highest BCUT2D eigenvalue weighted by atomic mass is 14.3. The Morgan fingerprint density at radius 2 is 2.00 bits per heavy atom. The average molecular weight is 156 g/mol. The Kier molecular flexibility index (Phi) is 1.20. The van der Waals surface area contributed by atoms with Crippen LogP contribution in [0.5, 0.6) is 0 Å². The van der Waals surface area contributed by atoms with Gasteiger partial charge in [-0.25, -0.2) is 0 Å². The van der Waals surface area contributed by atoms with Gasteiger partial charge in [0.2, 0.25) is 0 Å². The maximum atomic E-state index is 2.38. The van der Waals surface area contributed by atoms with Crippen molar-refractivity contribution in [3.05, 3.63) is 46.6 Å². The smallest absolute Gasteiger partial charge is 0.0149 e. The summed E-state index contributed by atoms with van der Waals surface area (Å²) in [5.74, 6) is 0. The van der Waals surface area contributed by atoms with E-state index in [0.717, 1.165) is 0 Å². The summed E-state index contributed by atoms with van der Waals surface area (Å²) in [5.41, 5.74) is 6.24. The van der Waals surface area contributed by atoms with Gasteiger partial charge in [-0.15, -0.1) is 0 Å². The van der Waals surface area contributed by atoms with Crippen molar-refractivity contribution in [2.45, 2.75) is 25.7 Å². The van der Waals surface area contributed by atoms with Gasteiger partial charge in [-0.3, -0.25) is 0 Å². The zero-order valence-electron chi connectivity index (χ0n) is 7.14. The van der Waals surface area contributed by atoms with Crippen molar-refractivity contribution in [2.75, 3.05) is 0 Å². The third-order valence-corrected chi connectivity index (χ3v) is 3.02. The van der Waals surface area contributed by atoms with Crippen LogP contribution in [0.4, 0.5) is 0 Å². The fourth-order valence-corrected chi connectivity index (χ4v) is 2.42. The summed E-state index contributed by atoms with van der Waals surface area (Å²) >= 11 is 0. The third kappa shape index (κ3) is 0.726. The monoisotopic (exact) mass is 156 g/mol. The maximum Gasteiger partial charge on any atom is -0.0149 e. The first-order valence-corrected chi connectivity index (χ1v) is 4.78. The molecule has 0 nitrogen and oxygen atoms in total. The fraction of sp³-hybridized carbons (Fsp3) is 0.333. The molecule has 0 aromatic carbocycles. The molecule has 0 N–H and O–H groups in total. The first kappa shape index (κ1) is 6.47. The Bertz CT molecular complexity index is 348. The van der Waals surface area contributed by atoms with Gasteiger partial charge < -0.3 is 0 Å². The molecule has 60 valence electrons. The van der Waals surface area contributed by atoms with Gasteiger partial charge in [-0.05, 0) is 48.0 Å². The number of hydrogen-bond donors (Lipinski definition) is 0. The Hall–Kier alpha value is -1.04. The van der Waals surface area contributed by atoms with E-state index >= 15 is 0 Å². The van der Waals surface area contributed by atoms with E-state index in [0.29, 0.717) is 0 Å². The molecular formula is C12H12. The van der Waals surface area contributed by atoms with Gasteiger partial charge in [-0.2, -0.15) is 0 Å². The molecule has 0 spiro atoms. The van der Waals surface area contributed by atoms with Gasteiger partial charge in [0, 0.05) is 0 Å². The molecule has 3 aliphatic carbocycles. The topological polar surface area (TPSA) is 0 Å². The van der Waals surface area contributed by atoms with Gasteiger partial charge in [0.1, 0.15) is 0 Å². The van der Waals surface area contributed by atoms with Crippen molar-refractivity contribution >= 4 is 0 Å². The highest BCUT2D eigenvalue weighted by Gasteiger charge is 2.23. The summed E-state index contributed by atoms with van der Waals surface area (Å²) in [7, 11) is 0. The molecule has 0 heterocycles. The Balaban J connectivity index is 2.14. The van der Waals surface area contributed by atoms with Crippen molar-refractivity contribution in [1.82, 2.24) is 0 Å². The zero-order chi connectivity index (χ0) is 7.97. The first-order chi connectivity index (χ1) is 5.95. The largest absolute Gasteiger partial charge is 0.0610 e. The van der Waals surface area contributed by atoms with Crippen molar-refractivity contribution in [1.29, 1.82) is 0 Å². The molecule has 0 radical (unpaired) electrons. The van der Waals surface area contributed by atoms with E-state index in [1.165, 1.54) is 36.8 Å². The molecular weight excluding hydrogens is 144 g/mol. The molecule has 0 bridgehead atoms. The molecule has 0 aromatic heterocycles. The van der Waals surface area contributed by atoms with Gasteiger partial charge >= 0.3 is 0 Å². The lowest BCUT2D eigenvalue weighted by atomic mass is 9.90. The van der Waals surface area contributed by atoms with Crippen molar-refractivity contribution in [2.24, 2.45) is 0 Å². The minimum absolute atomic E-state index is 1.31. The average Bonchev–Trinajstić information content (AvgIpc) is 2.62. The SMILES string of the molecule is C1=CC2=C3CCCCC3=CC2=C1. The highest BCUT2D eigenvalue weighted by molar-refractivity contribution is 5.66. The van der Waals surface area contributed by atoms with E-state index in [4.69, 9.17) is 0 Å². The van der Waals surface area contributed by atoms with Gasteiger partial charge in [0.05, 0.1) is 0 Å². The van der Waals surface area contributed by atoms with E-state index in [-0.39, 0.29) is 0 Å². The van der Waals surface area contributed by atoms with Crippen LogP contribution >= 0.6 is 0 Å². The quantitative estimate of drug-likeness (QED) is 0.505. The predicted molar refractivity (Wildman–Crippen MR) is 50.8 cm³/mol. The molecule has 0 aromatic rings. The minimum Gasteiger partial charge on any atom is -0.0610 e.